The van der Waals surface area contributed by atoms with Gasteiger partial charge in [0.25, 0.3) is 0 Å². The fourth-order valence-electron chi connectivity index (χ4n) is 1.96. The number of hydrogen-bond acceptors (Lipinski definition) is 3. The quantitative estimate of drug-likeness (QED) is 0.813. The summed E-state index contributed by atoms with van der Waals surface area (Å²) in [6.07, 6.45) is 1.26. The summed E-state index contributed by atoms with van der Waals surface area (Å²) in [6.45, 7) is 0. The molecule has 0 amide bonds. The van der Waals surface area contributed by atoms with Gasteiger partial charge in [0.1, 0.15) is 17.3 Å². The van der Waals surface area contributed by atoms with Crippen molar-refractivity contribution in [3.8, 4) is 11.5 Å². The Bertz CT molecular complexity index is 733. The summed E-state index contributed by atoms with van der Waals surface area (Å²) in [7, 11) is 0. The van der Waals surface area contributed by atoms with Gasteiger partial charge in [0.15, 0.2) is 5.76 Å². The van der Waals surface area contributed by atoms with Gasteiger partial charge in [-0.25, -0.2) is 4.39 Å². The van der Waals surface area contributed by atoms with E-state index in [1.54, 1.807) is 0 Å². The molecule has 1 aliphatic rings. The van der Waals surface area contributed by atoms with Crippen molar-refractivity contribution in [1.82, 2.24) is 0 Å². The zero-order valence-corrected chi connectivity index (χ0v) is 10.8. The first kappa shape index (κ1) is 12.7. The normalized spacial score (nSPS) is 15.3. The van der Waals surface area contributed by atoms with Crippen molar-refractivity contribution in [3.63, 3.8) is 0 Å². The molecule has 0 atom stereocenters. The molecule has 2 aromatic rings. The van der Waals surface area contributed by atoms with Crippen molar-refractivity contribution < 1.29 is 19.0 Å². The largest absolute Gasteiger partial charge is 0.508 e. The van der Waals surface area contributed by atoms with Crippen LogP contribution in [0.1, 0.15) is 15.9 Å². The fraction of sp³-hybridized carbons (Fsp3) is 0. The highest BCUT2D eigenvalue weighted by Gasteiger charge is 2.28. The lowest BCUT2D eigenvalue weighted by molar-refractivity contribution is 0.101. The molecule has 2 aromatic carbocycles. The van der Waals surface area contributed by atoms with E-state index >= 15 is 0 Å². The van der Waals surface area contributed by atoms with Crippen molar-refractivity contribution in [2.75, 3.05) is 0 Å². The van der Waals surface area contributed by atoms with Gasteiger partial charge in [-0.05, 0) is 30.3 Å². The Morgan fingerprint density at radius 3 is 2.80 bits per heavy atom. The first-order chi connectivity index (χ1) is 9.56. The van der Waals surface area contributed by atoms with Crippen molar-refractivity contribution in [2.24, 2.45) is 0 Å². The Morgan fingerprint density at radius 1 is 1.25 bits per heavy atom. The van der Waals surface area contributed by atoms with Gasteiger partial charge in [-0.1, -0.05) is 17.7 Å². The van der Waals surface area contributed by atoms with Crippen LogP contribution in [-0.2, 0) is 0 Å². The molecule has 1 N–H and O–H groups in total. The molecule has 0 saturated heterocycles. The fourth-order valence-corrected chi connectivity index (χ4v) is 2.17. The summed E-state index contributed by atoms with van der Waals surface area (Å²) in [6, 6.07) is 8.42. The van der Waals surface area contributed by atoms with Crippen LogP contribution in [0.25, 0.3) is 6.08 Å². The van der Waals surface area contributed by atoms with Crippen LogP contribution in [0, 0.1) is 5.82 Å². The number of benzene rings is 2. The molecule has 3 rings (SSSR count). The number of carbonyl (C=O) groups is 1. The number of ketones is 1. The highest BCUT2D eigenvalue weighted by atomic mass is 35.5. The van der Waals surface area contributed by atoms with Gasteiger partial charge in [-0.15, -0.1) is 0 Å². The molecule has 0 aliphatic carbocycles. The van der Waals surface area contributed by atoms with Crippen molar-refractivity contribution in [3.05, 3.63) is 64.1 Å². The summed E-state index contributed by atoms with van der Waals surface area (Å²) in [5, 5.41) is 9.54. The lowest BCUT2D eigenvalue weighted by Crippen LogP contribution is -1.99. The first-order valence-electron chi connectivity index (χ1n) is 5.77. The monoisotopic (exact) mass is 290 g/mol. The maximum absolute atomic E-state index is 13.7. The van der Waals surface area contributed by atoms with Crippen molar-refractivity contribution in [2.45, 2.75) is 0 Å². The molecule has 0 unspecified atom stereocenters. The standard InChI is InChI=1S/C15H8ClFO3/c16-11-2-1-3-12(17)10(11)7-14-15(19)9-5-4-8(18)6-13(9)20-14/h1-7,18H/b14-7+. The second-order valence-corrected chi connectivity index (χ2v) is 4.66. The van der Waals surface area contributed by atoms with Crippen LogP contribution >= 0.6 is 11.6 Å². The zero-order valence-electron chi connectivity index (χ0n) is 10.1. The molecule has 0 bridgehead atoms. The van der Waals surface area contributed by atoms with E-state index in [2.05, 4.69) is 0 Å². The number of phenols is 1. The summed E-state index contributed by atoms with van der Waals surface area (Å²) < 4.78 is 19.0. The van der Waals surface area contributed by atoms with Crippen LogP contribution in [0.15, 0.2) is 42.2 Å². The highest BCUT2D eigenvalue weighted by molar-refractivity contribution is 6.32. The second-order valence-electron chi connectivity index (χ2n) is 4.26. The predicted molar refractivity (Wildman–Crippen MR) is 72.5 cm³/mol. The maximum atomic E-state index is 13.7. The molecule has 0 spiro atoms. The van der Waals surface area contributed by atoms with Crippen LogP contribution in [0.2, 0.25) is 5.02 Å². The number of rotatable bonds is 1. The van der Waals surface area contributed by atoms with E-state index in [0.29, 0.717) is 5.56 Å². The Balaban J connectivity index is 2.06. The maximum Gasteiger partial charge on any atom is 0.231 e. The molecule has 20 heavy (non-hydrogen) atoms. The minimum absolute atomic E-state index is 0.0123. The molecule has 3 nitrogen and oxygen atoms in total. The van der Waals surface area contributed by atoms with Gasteiger partial charge in [0.2, 0.25) is 5.78 Å². The number of halogens is 2. The van der Waals surface area contributed by atoms with E-state index in [0.717, 1.165) is 0 Å². The SMILES string of the molecule is O=C1/C(=C\c2c(F)cccc2Cl)Oc2cc(O)ccc21. The summed E-state index contributed by atoms with van der Waals surface area (Å²) in [5.74, 6) is -0.715. The molecule has 5 heteroatoms. The Kier molecular flexibility index (Phi) is 2.95. The minimum Gasteiger partial charge on any atom is -0.508 e. The third kappa shape index (κ3) is 2.04. The number of ether oxygens (including phenoxy) is 1. The molecule has 0 fully saturated rings. The van der Waals surface area contributed by atoms with Gasteiger partial charge in [-0.2, -0.15) is 0 Å². The number of fused-ring (bicyclic) bond motifs is 1. The average Bonchev–Trinajstić information content (AvgIpc) is 2.70. The Labute approximate surface area is 118 Å². The van der Waals surface area contributed by atoms with Gasteiger partial charge in [-0.3, -0.25) is 4.79 Å². The molecular weight excluding hydrogens is 283 g/mol. The minimum atomic E-state index is -0.541. The smallest absolute Gasteiger partial charge is 0.231 e. The van der Waals surface area contributed by atoms with E-state index in [4.69, 9.17) is 16.3 Å². The van der Waals surface area contributed by atoms with Crippen molar-refractivity contribution >= 4 is 23.5 Å². The van der Waals surface area contributed by atoms with E-state index in [1.807, 2.05) is 0 Å². The third-order valence-corrected chi connectivity index (χ3v) is 3.26. The van der Waals surface area contributed by atoms with Gasteiger partial charge in [0.05, 0.1) is 10.6 Å². The summed E-state index contributed by atoms with van der Waals surface area (Å²) in [5.41, 5.74) is 0.413. The predicted octanol–water partition coefficient (Wildman–Crippen LogP) is 3.80. The number of hydrogen-bond donors (Lipinski definition) is 1. The lowest BCUT2D eigenvalue weighted by atomic mass is 10.1. The number of Topliss-reactive ketones (excluding diaryl/α,β-unsaturated/α-hetero) is 1. The van der Waals surface area contributed by atoms with E-state index in [-0.39, 0.29) is 33.6 Å². The van der Waals surface area contributed by atoms with Crippen molar-refractivity contribution in [1.29, 1.82) is 0 Å². The zero-order chi connectivity index (χ0) is 14.3. The van der Waals surface area contributed by atoms with Crippen LogP contribution in [0.5, 0.6) is 11.5 Å². The summed E-state index contributed by atoms with van der Waals surface area (Å²) in [4.78, 5) is 12.1. The van der Waals surface area contributed by atoms with Gasteiger partial charge >= 0.3 is 0 Å². The average molecular weight is 291 g/mol. The Hall–Kier alpha value is -2.33. The molecule has 1 aliphatic heterocycles. The van der Waals surface area contributed by atoms with Crippen LogP contribution in [0.4, 0.5) is 4.39 Å². The lowest BCUT2D eigenvalue weighted by Gasteiger charge is -2.02. The first-order valence-corrected chi connectivity index (χ1v) is 6.15. The number of allylic oxidation sites excluding steroid dienone is 1. The van der Waals surface area contributed by atoms with Gasteiger partial charge in [0, 0.05) is 11.6 Å². The highest BCUT2D eigenvalue weighted by Crippen LogP contribution is 2.35. The van der Waals surface area contributed by atoms with Gasteiger partial charge < -0.3 is 9.84 Å². The van der Waals surface area contributed by atoms with Crippen LogP contribution < -0.4 is 4.74 Å². The molecule has 1 heterocycles. The Morgan fingerprint density at radius 2 is 2.05 bits per heavy atom. The second kappa shape index (κ2) is 4.65. The summed E-state index contributed by atoms with van der Waals surface area (Å²) >= 11 is 5.90. The van der Waals surface area contributed by atoms with E-state index in [1.165, 1.54) is 42.5 Å². The third-order valence-electron chi connectivity index (χ3n) is 2.93. The molecule has 0 radical (unpaired) electrons. The van der Waals surface area contributed by atoms with Crippen LogP contribution in [-0.4, -0.2) is 10.9 Å². The molecule has 0 saturated carbocycles. The number of phenolic OH excluding ortho intramolecular Hbond substituents is 1. The molecule has 0 aromatic heterocycles. The van der Waals surface area contributed by atoms with Crippen LogP contribution in [0.3, 0.4) is 0 Å². The van der Waals surface area contributed by atoms with E-state index in [9.17, 15) is 14.3 Å². The van der Waals surface area contributed by atoms with E-state index < -0.39 is 5.82 Å². The molecular formula is C15H8ClFO3. The number of aromatic hydroxyl groups is 1. The molecule has 100 valence electrons. The number of carbonyl (C=O) groups excluding carboxylic acids is 1. The topological polar surface area (TPSA) is 46.5 Å².